The van der Waals surface area contributed by atoms with Crippen LogP contribution in [-0.4, -0.2) is 5.91 Å². The smallest absolute Gasteiger partial charge is 0.259 e. The second-order valence-electron chi connectivity index (χ2n) is 3.75. The van der Waals surface area contributed by atoms with E-state index in [0.717, 1.165) is 0 Å². The highest BCUT2D eigenvalue weighted by atomic mass is 35.5. The van der Waals surface area contributed by atoms with Crippen molar-refractivity contribution in [2.24, 2.45) is 0 Å². The molecule has 0 atom stereocenters. The van der Waals surface area contributed by atoms with Crippen LogP contribution in [0.5, 0.6) is 0 Å². The first kappa shape index (κ1) is 14.0. The summed E-state index contributed by atoms with van der Waals surface area (Å²) in [4.78, 5) is 12.2. The van der Waals surface area contributed by atoms with Gasteiger partial charge in [0.25, 0.3) is 5.91 Å². The van der Waals surface area contributed by atoms with Gasteiger partial charge in [0.2, 0.25) is 0 Å². The zero-order valence-corrected chi connectivity index (χ0v) is 11.9. The molecule has 0 saturated carbocycles. The van der Waals surface area contributed by atoms with Gasteiger partial charge in [0.05, 0.1) is 26.3 Å². The summed E-state index contributed by atoms with van der Waals surface area (Å²) in [5.74, 6) is -0.460. The summed E-state index contributed by atoms with van der Waals surface area (Å²) in [5.41, 5.74) is 6.55. The molecular weight excluding hydrogens is 307 g/mol. The summed E-state index contributed by atoms with van der Waals surface area (Å²) in [6.45, 7) is 0. The average Bonchev–Trinajstić information content (AvgIpc) is 2.34. The SMILES string of the molecule is Nc1cccc(Cl)c1C(=O)Nc1c(Cl)cccc1Cl. The van der Waals surface area contributed by atoms with Crippen LogP contribution in [0.2, 0.25) is 15.1 Å². The van der Waals surface area contributed by atoms with Gasteiger partial charge in [0.1, 0.15) is 0 Å². The molecule has 98 valence electrons. The molecule has 0 fully saturated rings. The maximum absolute atomic E-state index is 12.2. The molecule has 3 nitrogen and oxygen atoms in total. The molecule has 0 aliphatic rings. The molecule has 6 heteroatoms. The van der Waals surface area contributed by atoms with E-state index in [-0.39, 0.29) is 16.3 Å². The van der Waals surface area contributed by atoms with Gasteiger partial charge in [-0.15, -0.1) is 0 Å². The molecule has 19 heavy (non-hydrogen) atoms. The lowest BCUT2D eigenvalue weighted by atomic mass is 10.1. The molecular formula is C13H9Cl3N2O. The zero-order valence-electron chi connectivity index (χ0n) is 9.58. The number of benzene rings is 2. The van der Waals surface area contributed by atoms with Crippen molar-refractivity contribution in [1.29, 1.82) is 0 Å². The minimum Gasteiger partial charge on any atom is -0.398 e. The van der Waals surface area contributed by atoms with Gasteiger partial charge >= 0.3 is 0 Å². The number of halogens is 3. The van der Waals surface area contributed by atoms with Crippen LogP contribution in [0.25, 0.3) is 0 Å². The minimum atomic E-state index is -0.460. The molecule has 0 bridgehead atoms. The molecule has 0 radical (unpaired) electrons. The largest absolute Gasteiger partial charge is 0.398 e. The van der Waals surface area contributed by atoms with E-state index in [1.54, 1.807) is 36.4 Å². The molecule has 0 saturated heterocycles. The number of nitrogens with one attached hydrogen (secondary N) is 1. The van der Waals surface area contributed by atoms with Crippen LogP contribution in [0.3, 0.4) is 0 Å². The fourth-order valence-corrected chi connectivity index (χ4v) is 2.33. The van der Waals surface area contributed by atoms with Crippen LogP contribution in [0.1, 0.15) is 10.4 Å². The van der Waals surface area contributed by atoms with Gasteiger partial charge in [0.15, 0.2) is 0 Å². The van der Waals surface area contributed by atoms with E-state index in [0.29, 0.717) is 15.7 Å². The first-order chi connectivity index (χ1) is 9.00. The molecule has 0 aromatic heterocycles. The van der Waals surface area contributed by atoms with Gasteiger partial charge in [-0.1, -0.05) is 46.9 Å². The predicted molar refractivity (Wildman–Crippen MR) is 80.3 cm³/mol. The topological polar surface area (TPSA) is 55.1 Å². The van der Waals surface area contributed by atoms with Crippen LogP contribution in [0, 0.1) is 0 Å². The Morgan fingerprint density at radius 3 is 2.05 bits per heavy atom. The van der Waals surface area contributed by atoms with E-state index < -0.39 is 5.91 Å². The molecule has 0 aliphatic carbocycles. The van der Waals surface area contributed by atoms with Gasteiger partial charge in [0, 0.05) is 5.69 Å². The Morgan fingerprint density at radius 1 is 0.947 bits per heavy atom. The Balaban J connectivity index is 2.37. The van der Waals surface area contributed by atoms with E-state index in [4.69, 9.17) is 40.5 Å². The van der Waals surface area contributed by atoms with Crippen molar-refractivity contribution in [2.75, 3.05) is 11.1 Å². The van der Waals surface area contributed by atoms with E-state index in [1.165, 1.54) is 0 Å². The van der Waals surface area contributed by atoms with Gasteiger partial charge in [-0.3, -0.25) is 4.79 Å². The Kier molecular flexibility index (Phi) is 4.20. The number of hydrogen-bond acceptors (Lipinski definition) is 2. The third-order valence-electron chi connectivity index (χ3n) is 2.47. The maximum Gasteiger partial charge on any atom is 0.259 e. The van der Waals surface area contributed by atoms with Crippen LogP contribution in [0.4, 0.5) is 11.4 Å². The van der Waals surface area contributed by atoms with Crippen LogP contribution in [-0.2, 0) is 0 Å². The zero-order chi connectivity index (χ0) is 14.0. The highest BCUT2D eigenvalue weighted by molar-refractivity contribution is 6.40. The Morgan fingerprint density at radius 2 is 1.47 bits per heavy atom. The number of carbonyl (C=O) groups excluding carboxylic acids is 1. The molecule has 2 aromatic rings. The van der Waals surface area contributed by atoms with Crippen molar-refractivity contribution < 1.29 is 4.79 Å². The number of rotatable bonds is 2. The van der Waals surface area contributed by atoms with E-state index >= 15 is 0 Å². The molecule has 3 N–H and O–H groups in total. The minimum absolute atomic E-state index is 0.195. The summed E-state index contributed by atoms with van der Waals surface area (Å²) >= 11 is 17.9. The number of hydrogen-bond donors (Lipinski definition) is 2. The number of amides is 1. The van der Waals surface area contributed by atoms with Crippen molar-refractivity contribution >= 4 is 52.1 Å². The molecule has 2 aromatic carbocycles. The number of anilines is 2. The summed E-state index contributed by atoms with van der Waals surface area (Å²) in [7, 11) is 0. The van der Waals surface area contributed by atoms with E-state index in [9.17, 15) is 4.79 Å². The fraction of sp³-hybridized carbons (Fsp3) is 0. The van der Waals surface area contributed by atoms with Crippen molar-refractivity contribution in [3.8, 4) is 0 Å². The number of nitrogen functional groups attached to an aromatic ring is 1. The number of nitrogens with two attached hydrogens (primary N) is 1. The molecule has 0 aliphatic heterocycles. The number of carbonyl (C=O) groups is 1. The van der Waals surface area contributed by atoms with Gasteiger partial charge < -0.3 is 11.1 Å². The molecule has 2 rings (SSSR count). The summed E-state index contributed by atoms with van der Waals surface area (Å²) in [6, 6.07) is 9.77. The molecule has 0 heterocycles. The quantitative estimate of drug-likeness (QED) is 0.803. The summed E-state index contributed by atoms with van der Waals surface area (Å²) in [6.07, 6.45) is 0. The summed E-state index contributed by atoms with van der Waals surface area (Å²) < 4.78 is 0. The normalized spacial score (nSPS) is 10.3. The van der Waals surface area contributed by atoms with Crippen LogP contribution < -0.4 is 11.1 Å². The van der Waals surface area contributed by atoms with Gasteiger partial charge in [-0.25, -0.2) is 0 Å². The second-order valence-corrected chi connectivity index (χ2v) is 4.98. The second kappa shape index (κ2) is 5.70. The highest BCUT2D eigenvalue weighted by Crippen LogP contribution is 2.31. The fourth-order valence-electron chi connectivity index (χ4n) is 1.57. The van der Waals surface area contributed by atoms with Crippen molar-refractivity contribution in [2.45, 2.75) is 0 Å². The van der Waals surface area contributed by atoms with Gasteiger partial charge in [-0.05, 0) is 24.3 Å². The lowest BCUT2D eigenvalue weighted by molar-refractivity contribution is 0.102. The third kappa shape index (κ3) is 2.95. The van der Waals surface area contributed by atoms with Gasteiger partial charge in [-0.2, -0.15) is 0 Å². The summed E-state index contributed by atoms with van der Waals surface area (Å²) in [5, 5.41) is 3.55. The Hall–Kier alpha value is -1.42. The van der Waals surface area contributed by atoms with Crippen molar-refractivity contribution in [1.82, 2.24) is 0 Å². The molecule has 1 amide bonds. The molecule has 0 spiro atoms. The third-order valence-corrected chi connectivity index (χ3v) is 3.42. The number of para-hydroxylation sites is 1. The Labute approximate surface area is 125 Å². The first-order valence-electron chi connectivity index (χ1n) is 5.30. The highest BCUT2D eigenvalue weighted by Gasteiger charge is 2.16. The maximum atomic E-state index is 12.2. The van der Waals surface area contributed by atoms with E-state index in [1.807, 2.05) is 0 Å². The lowest BCUT2D eigenvalue weighted by Gasteiger charge is -2.11. The lowest BCUT2D eigenvalue weighted by Crippen LogP contribution is -2.15. The average molecular weight is 316 g/mol. The van der Waals surface area contributed by atoms with Crippen LogP contribution in [0.15, 0.2) is 36.4 Å². The Bertz CT molecular complexity index is 603. The monoisotopic (exact) mass is 314 g/mol. The standard InChI is InChI=1S/C13H9Cl3N2O/c14-7-3-2-6-10(17)11(7)13(19)18-12-8(15)4-1-5-9(12)16/h1-6H,17H2,(H,18,19). The van der Waals surface area contributed by atoms with Crippen molar-refractivity contribution in [3.63, 3.8) is 0 Å². The van der Waals surface area contributed by atoms with Crippen LogP contribution >= 0.6 is 34.8 Å². The van der Waals surface area contributed by atoms with E-state index in [2.05, 4.69) is 5.32 Å². The van der Waals surface area contributed by atoms with Crippen molar-refractivity contribution in [3.05, 3.63) is 57.0 Å². The molecule has 0 unspecified atom stereocenters. The predicted octanol–water partition coefficient (Wildman–Crippen LogP) is 4.48. The first-order valence-corrected chi connectivity index (χ1v) is 6.43.